The minimum Gasteiger partial charge on any atom is -0.477 e. The predicted octanol–water partition coefficient (Wildman–Crippen LogP) is 3.11. The van der Waals surface area contributed by atoms with Gasteiger partial charge in [-0.15, -0.1) is 0 Å². The van der Waals surface area contributed by atoms with Crippen molar-refractivity contribution in [2.45, 2.75) is 19.4 Å². The van der Waals surface area contributed by atoms with Crippen molar-refractivity contribution in [1.82, 2.24) is 4.98 Å². The number of aromatic nitrogens is 1. The van der Waals surface area contributed by atoms with Crippen molar-refractivity contribution in [2.75, 3.05) is 22.5 Å². The van der Waals surface area contributed by atoms with Gasteiger partial charge in [-0.1, -0.05) is 30.1 Å². The lowest BCUT2D eigenvalue weighted by atomic mass is 10.2. The van der Waals surface area contributed by atoms with Crippen molar-refractivity contribution < 1.29 is 14.3 Å². The van der Waals surface area contributed by atoms with E-state index in [9.17, 15) is 9.59 Å². The average Bonchev–Trinajstić information content (AvgIpc) is 2.60. The van der Waals surface area contributed by atoms with Gasteiger partial charge in [-0.2, -0.15) is 0 Å². The Bertz CT molecular complexity index is 875. The first-order chi connectivity index (χ1) is 12.4. The molecule has 0 spiro atoms. The fourth-order valence-corrected chi connectivity index (χ4v) is 3.01. The van der Waals surface area contributed by atoms with Gasteiger partial charge in [-0.05, 0) is 36.8 Å². The van der Waals surface area contributed by atoms with Crippen molar-refractivity contribution in [3.8, 4) is 5.75 Å². The molecule has 3 N–H and O–H groups in total. The SMILES string of the molecule is CCC1Oc2ccc(N)nc2N(CC(=O)Nc2ccc(Cl)cc2Cl)C1=O. The van der Waals surface area contributed by atoms with Crippen molar-refractivity contribution in [3.63, 3.8) is 0 Å². The van der Waals surface area contributed by atoms with Crippen molar-refractivity contribution in [1.29, 1.82) is 0 Å². The summed E-state index contributed by atoms with van der Waals surface area (Å²) in [5.41, 5.74) is 6.11. The molecule has 2 heterocycles. The van der Waals surface area contributed by atoms with Gasteiger partial charge in [0.2, 0.25) is 5.91 Å². The molecule has 26 heavy (non-hydrogen) atoms. The number of anilines is 3. The van der Waals surface area contributed by atoms with Gasteiger partial charge in [0, 0.05) is 5.02 Å². The number of pyridine rings is 1. The summed E-state index contributed by atoms with van der Waals surface area (Å²) in [6.45, 7) is 1.57. The molecule has 1 aliphatic heterocycles. The number of rotatable bonds is 4. The van der Waals surface area contributed by atoms with E-state index in [4.69, 9.17) is 33.7 Å². The molecule has 1 atom stereocenters. The van der Waals surface area contributed by atoms with Gasteiger partial charge in [-0.25, -0.2) is 4.98 Å². The van der Waals surface area contributed by atoms with Crippen LogP contribution < -0.4 is 20.7 Å². The van der Waals surface area contributed by atoms with Gasteiger partial charge in [0.1, 0.15) is 12.4 Å². The first kappa shape index (κ1) is 18.3. The molecule has 0 bridgehead atoms. The Hall–Kier alpha value is -2.51. The molecule has 2 aromatic rings. The number of nitrogen functional groups attached to an aromatic ring is 1. The Balaban J connectivity index is 1.84. The summed E-state index contributed by atoms with van der Waals surface area (Å²) in [7, 11) is 0. The van der Waals surface area contributed by atoms with Crippen LogP contribution in [0.25, 0.3) is 0 Å². The van der Waals surface area contributed by atoms with E-state index in [-0.39, 0.29) is 24.1 Å². The summed E-state index contributed by atoms with van der Waals surface area (Å²) in [6.07, 6.45) is -0.219. The van der Waals surface area contributed by atoms with Gasteiger partial charge in [-0.3, -0.25) is 14.5 Å². The number of amides is 2. The highest BCUT2D eigenvalue weighted by Crippen LogP contribution is 2.33. The molecule has 0 aliphatic carbocycles. The van der Waals surface area contributed by atoms with E-state index < -0.39 is 12.0 Å². The number of ether oxygens (including phenoxy) is 1. The fourth-order valence-electron chi connectivity index (χ4n) is 2.55. The predicted molar refractivity (Wildman–Crippen MR) is 101 cm³/mol. The number of nitrogens with two attached hydrogens (primary N) is 1. The number of carbonyl (C=O) groups excluding carboxylic acids is 2. The third-order valence-electron chi connectivity index (χ3n) is 3.80. The smallest absolute Gasteiger partial charge is 0.269 e. The minimum atomic E-state index is -0.681. The van der Waals surface area contributed by atoms with Crippen LogP contribution in [-0.2, 0) is 9.59 Å². The zero-order valence-electron chi connectivity index (χ0n) is 13.8. The number of hydrogen-bond donors (Lipinski definition) is 2. The number of nitrogens with one attached hydrogen (secondary N) is 1. The zero-order valence-corrected chi connectivity index (χ0v) is 15.3. The monoisotopic (exact) mass is 394 g/mol. The maximum absolute atomic E-state index is 12.6. The van der Waals surface area contributed by atoms with E-state index in [2.05, 4.69) is 10.3 Å². The van der Waals surface area contributed by atoms with Crippen LogP contribution >= 0.6 is 23.2 Å². The highest BCUT2D eigenvalue weighted by atomic mass is 35.5. The summed E-state index contributed by atoms with van der Waals surface area (Å²) in [4.78, 5) is 30.5. The van der Waals surface area contributed by atoms with Gasteiger partial charge < -0.3 is 15.8 Å². The van der Waals surface area contributed by atoms with E-state index in [1.54, 1.807) is 24.3 Å². The second kappa shape index (κ2) is 7.39. The Morgan fingerprint density at radius 2 is 2.12 bits per heavy atom. The van der Waals surface area contributed by atoms with Gasteiger partial charge in [0.15, 0.2) is 17.7 Å². The molecule has 2 amide bonds. The Labute approximate surface area is 160 Å². The molecular formula is C17H16Cl2N4O3. The number of fused-ring (bicyclic) bond motifs is 1. The van der Waals surface area contributed by atoms with Crippen LogP contribution in [0.4, 0.5) is 17.3 Å². The molecule has 0 saturated heterocycles. The quantitative estimate of drug-likeness (QED) is 0.829. The molecule has 1 aromatic heterocycles. The second-order valence-corrected chi connectivity index (χ2v) is 6.51. The third-order valence-corrected chi connectivity index (χ3v) is 4.35. The summed E-state index contributed by atoms with van der Waals surface area (Å²) >= 11 is 11.9. The minimum absolute atomic E-state index is 0.219. The van der Waals surface area contributed by atoms with Crippen LogP contribution in [0.15, 0.2) is 30.3 Å². The summed E-state index contributed by atoms with van der Waals surface area (Å²) < 4.78 is 5.63. The lowest BCUT2D eigenvalue weighted by Gasteiger charge is -2.32. The first-order valence-electron chi connectivity index (χ1n) is 7.88. The molecule has 1 aromatic carbocycles. The Morgan fingerprint density at radius 1 is 1.35 bits per heavy atom. The third kappa shape index (κ3) is 3.68. The Kier molecular flexibility index (Phi) is 5.20. The molecule has 9 heteroatoms. The summed E-state index contributed by atoms with van der Waals surface area (Å²) in [6, 6.07) is 7.92. The molecule has 0 saturated carbocycles. The number of hydrogen-bond acceptors (Lipinski definition) is 5. The molecule has 0 radical (unpaired) electrons. The van der Waals surface area contributed by atoms with Gasteiger partial charge in [0.25, 0.3) is 5.91 Å². The van der Waals surface area contributed by atoms with E-state index in [1.807, 2.05) is 6.92 Å². The largest absolute Gasteiger partial charge is 0.477 e. The molecule has 1 aliphatic rings. The van der Waals surface area contributed by atoms with Crippen LogP contribution in [-0.4, -0.2) is 29.4 Å². The number of benzene rings is 1. The number of carbonyl (C=O) groups is 2. The van der Waals surface area contributed by atoms with Crippen LogP contribution in [0.1, 0.15) is 13.3 Å². The van der Waals surface area contributed by atoms with Gasteiger partial charge >= 0.3 is 0 Å². The highest BCUT2D eigenvalue weighted by Gasteiger charge is 2.35. The van der Waals surface area contributed by atoms with Gasteiger partial charge in [0.05, 0.1) is 10.7 Å². The van der Waals surface area contributed by atoms with E-state index in [0.717, 1.165) is 0 Å². The van der Waals surface area contributed by atoms with E-state index in [1.165, 1.54) is 11.0 Å². The number of halogens is 2. The zero-order chi connectivity index (χ0) is 18.8. The fraction of sp³-hybridized carbons (Fsp3) is 0.235. The molecular weight excluding hydrogens is 379 g/mol. The Morgan fingerprint density at radius 3 is 2.81 bits per heavy atom. The number of nitrogens with zero attached hydrogens (tertiary/aromatic N) is 2. The van der Waals surface area contributed by atoms with Crippen molar-refractivity contribution >= 4 is 52.3 Å². The van der Waals surface area contributed by atoms with Crippen LogP contribution in [0.5, 0.6) is 5.75 Å². The lowest BCUT2D eigenvalue weighted by molar-refractivity contribution is -0.128. The van der Waals surface area contributed by atoms with Crippen molar-refractivity contribution in [2.24, 2.45) is 0 Å². The maximum Gasteiger partial charge on any atom is 0.269 e. The molecule has 1 unspecified atom stereocenters. The molecule has 3 rings (SSSR count). The van der Waals surface area contributed by atoms with E-state index >= 15 is 0 Å². The molecule has 7 nitrogen and oxygen atoms in total. The van der Waals surface area contributed by atoms with Crippen LogP contribution in [0, 0.1) is 0 Å². The standard InChI is InChI=1S/C17H16Cl2N4O3/c1-2-12-17(25)23(16-13(26-12)5-6-14(20)22-16)8-15(24)21-11-4-3-9(18)7-10(11)19/h3-7,12H,2,8H2,1H3,(H2,20,22)(H,21,24). The van der Waals surface area contributed by atoms with E-state index in [0.29, 0.717) is 27.9 Å². The topological polar surface area (TPSA) is 97.6 Å². The summed E-state index contributed by atoms with van der Waals surface area (Å²) in [5.74, 6) is 0.0613. The first-order valence-corrected chi connectivity index (χ1v) is 8.64. The maximum atomic E-state index is 12.6. The van der Waals surface area contributed by atoms with Crippen molar-refractivity contribution in [3.05, 3.63) is 40.4 Å². The average molecular weight is 395 g/mol. The lowest BCUT2D eigenvalue weighted by Crippen LogP contribution is -2.49. The van der Waals surface area contributed by atoms with Crippen LogP contribution in [0.2, 0.25) is 10.0 Å². The second-order valence-electron chi connectivity index (χ2n) is 5.67. The normalized spacial score (nSPS) is 16.0. The van der Waals surface area contributed by atoms with Crippen LogP contribution in [0.3, 0.4) is 0 Å². The molecule has 136 valence electrons. The molecule has 0 fully saturated rings. The summed E-state index contributed by atoms with van der Waals surface area (Å²) in [5, 5.41) is 3.41. The highest BCUT2D eigenvalue weighted by molar-refractivity contribution is 6.36.